The lowest BCUT2D eigenvalue weighted by atomic mass is 9.98. The van der Waals surface area contributed by atoms with E-state index >= 15 is 0 Å². The van der Waals surface area contributed by atoms with Gasteiger partial charge in [0, 0.05) is 44.8 Å². The smallest absolute Gasteiger partial charge is 0.408 e. The second-order valence-corrected chi connectivity index (χ2v) is 21.8. The minimum atomic E-state index is -2.20. The average molecular weight is 1160 g/mol. The Morgan fingerprint density at radius 3 is 1.94 bits per heavy atom. The van der Waals surface area contributed by atoms with E-state index in [0.29, 0.717) is 5.56 Å². The molecule has 1 unspecified atom stereocenters. The zero-order valence-corrected chi connectivity index (χ0v) is 46.5. The summed E-state index contributed by atoms with van der Waals surface area (Å²) in [6.07, 6.45) is -14.6. The van der Waals surface area contributed by atoms with Gasteiger partial charge in [-0.25, -0.2) is 9.59 Å². The fourth-order valence-electron chi connectivity index (χ4n) is 9.66. The van der Waals surface area contributed by atoms with Crippen LogP contribution in [0.15, 0.2) is 78.9 Å². The summed E-state index contributed by atoms with van der Waals surface area (Å²) in [6, 6.07) is 10.1. The van der Waals surface area contributed by atoms with Gasteiger partial charge in [0.15, 0.2) is 18.1 Å². The van der Waals surface area contributed by atoms with Crippen LogP contribution in [-0.2, 0) is 67.5 Å². The monoisotopic (exact) mass is 1160 g/mol. The van der Waals surface area contributed by atoms with Crippen molar-refractivity contribution in [2.75, 3.05) is 26.2 Å². The molecule has 452 valence electrons. The van der Waals surface area contributed by atoms with Crippen LogP contribution in [0, 0.1) is 5.92 Å². The number of alkyl carbamates (subject to hydrolysis) is 1. The van der Waals surface area contributed by atoms with Crippen LogP contribution in [0.1, 0.15) is 70.6 Å². The fraction of sp³-hybridized carbons (Fsp3) is 0.518. The topological polar surface area (TPSA) is 405 Å². The van der Waals surface area contributed by atoms with Gasteiger partial charge in [0.2, 0.25) is 41.4 Å². The molecule has 3 saturated heterocycles. The van der Waals surface area contributed by atoms with Crippen molar-refractivity contribution in [3.63, 3.8) is 0 Å². The normalized spacial score (nSPS) is 26.1. The highest BCUT2D eigenvalue weighted by Gasteiger charge is 2.50. The molecule has 27 nitrogen and oxygen atoms in total. The first-order valence-electron chi connectivity index (χ1n) is 27.0. The zero-order valence-electron chi connectivity index (χ0n) is 46.5. The number of nitrogens with two attached hydrogens (primary N) is 1. The van der Waals surface area contributed by atoms with E-state index in [1.54, 1.807) is 63.2 Å². The van der Waals surface area contributed by atoms with Crippen molar-refractivity contribution in [2.24, 2.45) is 11.7 Å². The Balaban J connectivity index is 1.39. The number of β-amino-alcohol motifs (C(OH)–C–C–N with tert-alkyl or cyclic N) is 1. The highest BCUT2D eigenvalue weighted by atomic mass is 16.6. The number of ether oxygens (including phenoxy) is 4. The summed E-state index contributed by atoms with van der Waals surface area (Å²) in [5.41, 5.74) is 6.09. The Labute approximate surface area is 478 Å². The van der Waals surface area contributed by atoms with E-state index in [9.17, 15) is 73.8 Å². The number of nitrogens with zero attached hydrogens (tertiary/aromatic N) is 2. The summed E-state index contributed by atoms with van der Waals surface area (Å²) < 4.78 is 22.6. The number of hydrogen-bond acceptors (Lipinski definition) is 19. The molecule has 27 heteroatoms. The van der Waals surface area contributed by atoms with Crippen LogP contribution >= 0.6 is 0 Å². The third-order valence-corrected chi connectivity index (χ3v) is 13.8. The standard InChI is InChI=1S/C56H74N8O19/c1-29-24-64-47(48(29)72)52(76)58-23-34(66)20-36(59-55(79)82-27-32-14-10-7-11-15-32)49(73)60-44(30(2)65)53(77)63-25-35(67)21-37(63)50(74)61-45(51(75)62-46(54(64)78)39(69)22-42(57)70)38(68)18-33-16-17-40(80-26-31-12-8-6-9-13-31)41(19-33)81-28-43(71)83-56(3,4)5/h6-17,19,29-30,34-39,44-48,65-69,72H,18,20-28H2,1-5H3,(H2,57,70)(H,58,76)(H,59,79)(H,60,73)(H,61,74)(H,62,75)/t29-,30+,34+,35+,36?,37-,38+,39+,44-,45-,46-,47-,48-/m0/s1. The van der Waals surface area contributed by atoms with E-state index in [1.807, 2.05) is 18.2 Å². The Bertz CT molecular complexity index is 2790. The van der Waals surface area contributed by atoms with Gasteiger partial charge < -0.3 is 91.7 Å². The first-order valence-corrected chi connectivity index (χ1v) is 27.0. The van der Waals surface area contributed by atoms with E-state index in [-0.39, 0.29) is 30.3 Å². The van der Waals surface area contributed by atoms with Gasteiger partial charge in [-0.1, -0.05) is 73.7 Å². The molecule has 0 radical (unpaired) electrons. The molecule has 0 aromatic heterocycles. The summed E-state index contributed by atoms with van der Waals surface area (Å²) >= 11 is 0. The molecule has 3 aromatic rings. The second-order valence-electron chi connectivity index (χ2n) is 21.8. The highest BCUT2D eigenvalue weighted by Crippen LogP contribution is 2.31. The molecule has 3 fully saturated rings. The molecule has 13 N–H and O–H groups in total. The Morgan fingerprint density at radius 1 is 0.699 bits per heavy atom. The van der Waals surface area contributed by atoms with Crippen LogP contribution in [-0.4, -0.2) is 199 Å². The van der Waals surface area contributed by atoms with Crippen molar-refractivity contribution in [1.82, 2.24) is 36.4 Å². The van der Waals surface area contributed by atoms with Gasteiger partial charge in [0.1, 0.15) is 55.1 Å². The maximum Gasteiger partial charge on any atom is 0.408 e. The number of hydrogen-bond donors (Lipinski definition) is 12. The lowest BCUT2D eigenvalue weighted by molar-refractivity contribution is -0.157. The molecule has 3 heterocycles. The van der Waals surface area contributed by atoms with Gasteiger partial charge in [-0.3, -0.25) is 33.6 Å². The maximum atomic E-state index is 14.8. The predicted molar refractivity (Wildman–Crippen MR) is 290 cm³/mol. The van der Waals surface area contributed by atoms with E-state index in [1.165, 1.54) is 25.1 Å². The predicted octanol–water partition coefficient (Wildman–Crippen LogP) is -2.69. The molecule has 83 heavy (non-hydrogen) atoms. The lowest BCUT2D eigenvalue weighted by Gasteiger charge is -2.33. The number of esters is 1. The number of fused-ring (bicyclic) bond motifs is 2. The van der Waals surface area contributed by atoms with Crippen molar-refractivity contribution in [1.29, 1.82) is 0 Å². The molecule has 0 bridgehead atoms. The molecule has 0 saturated carbocycles. The Hall–Kier alpha value is -7.95. The summed E-state index contributed by atoms with van der Waals surface area (Å²) in [4.78, 5) is 127. The minimum Gasteiger partial charge on any atom is -0.485 e. The lowest BCUT2D eigenvalue weighted by Crippen LogP contribution is -2.64. The number of nitrogens with one attached hydrogen (secondary N) is 5. The molecule has 3 aliphatic heterocycles. The largest absolute Gasteiger partial charge is 0.485 e. The van der Waals surface area contributed by atoms with Gasteiger partial charge in [0.05, 0.1) is 43.0 Å². The van der Waals surface area contributed by atoms with Crippen LogP contribution in [0.25, 0.3) is 0 Å². The summed E-state index contributed by atoms with van der Waals surface area (Å²) in [5, 5.41) is 80.1. The molecule has 0 spiro atoms. The number of aliphatic hydroxyl groups excluding tert-OH is 6. The first-order chi connectivity index (χ1) is 39.2. The third-order valence-electron chi connectivity index (χ3n) is 13.8. The van der Waals surface area contributed by atoms with Crippen LogP contribution in [0.5, 0.6) is 11.5 Å². The van der Waals surface area contributed by atoms with Crippen molar-refractivity contribution >= 4 is 53.4 Å². The molecule has 3 aromatic carbocycles. The van der Waals surface area contributed by atoms with Crippen molar-refractivity contribution in [3.8, 4) is 11.5 Å². The summed E-state index contributed by atoms with van der Waals surface area (Å²) in [6.45, 7) is 5.08. The van der Waals surface area contributed by atoms with Gasteiger partial charge in [-0.15, -0.1) is 0 Å². The van der Waals surface area contributed by atoms with Crippen molar-refractivity contribution in [3.05, 3.63) is 95.6 Å². The first kappa shape index (κ1) is 64.2. The molecule has 13 atom stereocenters. The maximum absolute atomic E-state index is 14.8. The number of rotatable bonds is 16. The van der Waals surface area contributed by atoms with E-state index < -0.39 is 190 Å². The molecular formula is C56H74N8O19. The van der Waals surface area contributed by atoms with E-state index in [2.05, 4.69) is 26.6 Å². The Morgan fingerprint density at radius 2 is 1.31 bits per heavy atom. The second kappa shape index (κ2) is 28.8. The summed E-state index contributed by atoms with van der Waals surface area (Å²) in [5.74, 6) is -9.92. The van der Waals surface area contributed by atoms with Gasteiger partial charge in [-0.05, 0) is 56.5 Å². The van der Waals surface area contributed by atoms with Crippen molar-refractivity contribution in [2.45, 2.75) is 152 Å². The van der Waals surface area contributed by atoms with E-state index in [0.717, 1.165) is 22.3 Å². The highest BCUT2D eigenvalue weighted by molar-refractivity contribution is 5.98. The summed E-state index contributed by atoms with van der Waals surface area (Å²) in [7, 11) is 0. The molecule has 3 aliphatic rings. The quantitative estimate of drug-likeness (QED) is 0.0650. The number of amides is 8. The molecule has 8 amide bonds. The van der Waals surface area contributed by atoms with Crippen molar-refractivity contribution < 1.29 is 92.7 Å². The minimum absolute atomic E-state index is 0.0220. The molecule has 6 rings (SSSR count). The number of carbonyl (C=O) groups is 9. The average Bonchev–Trinajstić information content (AvgIpc) is 4.24. The molecule has 0 aliphatic carbocycles. The number of benzene rings is 3. The SMILES string of the molecule is C[C@@H](O)[C@@H]1NC(=O)C(NC(=O)OCc2ccccc2)C[C@@H](O)CNC(=O)[C@@H]2[C@@H](O)[C@@H](C)CN2C(=O)[C@H]([C@H](O)CC(N)=O)NC(=O)[C@H]([C@H](O)Cc2ccc(OCc3ccccc3)c(OCC(=O)OC(C)(C)C)c2)NC(=O)[C@@H]2C[C@@H](O)CN2C1=O. The number of carbonyl (C=O) groups excluding carboxylic acids is 9. The fourth-order valence-corrected chi connectivity index (χ4v) is 9.66. The number of primary amides is 1. The van der Waals surface area contributed by atoms with Crippen LogP contribution < -0.4 is 41.8 Å². The van der Waals surface area contributed by atoms with Crippen LogP contribution in [0.2, 0.25) is 0 Å². The third kappa shape index (κ3) is 18.0. The van der Waals surface area contributed by atoms with Crippen LogP contribution in [0.4, 0.5) is 4.79 Å². The van der Waals surface area contributed by atoms with E-state index in [4.69, 9.17) is 24.7 Å². The zero-order chi connectivity index (χ0) is 60.9. The Kier molecular flexibility index (Phi) is 22.3. The van der Waals surface area contributed by atoms with Gasteiger partial charge >= 0.3 is 12.1 Å². The van der Waals surface area contributed by atoms with Gasteiger partial charge in [-0.2, -0.15) is 0 Å². The van der Waals surface area contributed by atoms with Crippen LogP contribution in [0.3, 0.4) is 0 Å². The number of aliphatic hydroxyl groups is 6. The van der Waals surface area contributed by atoms with Gasteiger partial charge in [0.25, 0.3) is 0 Å². The molecular weight excluding hydrogens is 1090 g/mol.